The minimum atomic E-state index is 0.442. The minimum absolute atomic E-state index is 0.442. The molecule has 0 fully saturated rings. The Kier molecular flexibility index (Phi) is 4.18. The number of benzene rings is 2. The van der Waals surface area contributed by atoms with Crippen LogP contribution in [0, 0.1) is 13.8 Å². The quantitative estimate of drug-likeness (QED) is 0.651. The number of rotatable bonds is 3. The molecule has 0 amide bonds. The van der Waals surface area contributed by atoms with E-state index >= 15 is 0 Å². The lowest BCUT2D eigenvalue weighted by molar-refractivity contribution is 1.06. The van der Waals surface area contributed by atoms with E-state index in [0.717, 1.165) is 11.3 Å². The molecule has 3 N–H and O–H groups in total. The molecule has 0 saturated heterocycles. The maximum absolute atomic E-state index is 5.91. The second-order valence-electron chi connectivity index (χ2n) is 4.56. The predicted octanol–water partition coefficient (Wildman–Crippen LogP) is 3.23. The molecule has 0 radical (unpaired) electrons. The number of anilines is 1. The molecule has 3 heteroatoms. The van der Waals surface area contributed by atoms with E-state index in [2.05, 4.69) is 30.2 Å². The maximum atomic E-state index is 5.91. The third-order valence-corrected chi connectivity index (χ3v) is 3.14. The number of aliphatic imine (C=N–C) groups is 1. The third kappa shape index (κ3) is 3.58. The first kappa shape index (κ1) is 13.1. The van der Waals surface area contributed by atoms with Gasteiger partial charge in [-0.15, -0.1) is 0 Å². The zero-order chi connectivity index (χ0) is 13.7. The normalized spacial score (nSPS) is 11.4. The Morgan fingerprint density at radius 1 is 1.05 bits per heavy atom. The molecule has 19 heavy (non-hydrogen) atoms. The summed E-state index contributed by atoms with van der Waals surface area (Å²) in [4.78, 5) is 4.34. The standard InChI is InChI=1S/C16H19N3/c1-12-7-6-10-15(13(12)2)19-16(17)18-11-14-8-4-3-5-9-14/h3-10H,11H2,1-2H3,(H3,17,18,19). The summed E-state index contributed by atoms with van der Waals surface area (Å²) in [5, 5.41) is 3.15. The van der Waals surface area contributed by atoms with E-state index < -0.39 is 0 Å². The van der Waals surface area contributed by atoms with Gasteiger partial charge < -0.3 is 11.1 Å². The molecule has 0 atom stereocenters. The first-order valence-electron chi connectivity index (χ1n) is 6.34. The fourth-order valence-electron chi connectivity index (χ4n) is 1.82. The van der Waals surface area contributed by atoms with Crippen LogP contribution in [-0.4, -0.2) is 5.96 Å². The van der Waals surface area contributed by atoms with Crippen molar-refractivity contribution in [1.29, 1.82) is 0 Å². The summed E-state index contributed by atoms with van der Waals surface area (Å²) in [6.07, 6.45) is 0. The van der Waals surface area contributed by atoms with Gasteiger partial charge in [-0.25, -0.2) is 4.99 Å². The van der Waals surface area contributed by atoms with Gasteiger partial charge in [-0.1, -0.05) is 42.5 Å². The molecule has 0 aliphatic carbocycles. The van der Waals surface area contributed by atoms with Gasteiger partial charge in [0.25, 0.3) is 0 Å². The highest BCUT2D eigenvalue weighted by atomic mass is 15.1. The van der Waals surface area contributed by atoms with Crippen LogP contribution in [0.15, 0.2) is 53.5 Å². The highest BCUT2D eigenvalue weighted by Gasteiger charge is 2.01. The third-order valence-electron chi connectivity index (χ3n) is 3.14. The molecule has 98 valence electrons. The zero-order valence-corrected chi connectivity index (χ0v) is 11.4. The molecule has 2 aromatic rings. The summed E-state index contributed by atoms with van der Waals surface area (Å²) >= 11 is 0. The Hall–Kier alpha value is -2.29. The van der Waals surface area contributed by atoms with Crippen molar-refractivity contribution in [2.24, 2.45) is 10.7 Å². The fourth-order valence-corrected chi connectivity index (χ4v) is 1.82. The Morgan fingerprint density at radius 2 is 1.79 bits per heavy atom. The van der Waals surface area contributed by atoms with Crippen molar-refractivity contribution < 1.29 is 0 Å². The Labute approximate surface area is 114 Å². The summed E-state index contributed by atoms with van der Waals surface area (Å²) in [5.74, 6) is 0.442. The molecule has 0 unspecified atom stereocenters. The highest BCUT2D eigenvalue weighted by Crippen LogP contribution is 2.17. The molecule has 0 saturated carbocycles. The molecule has 0 bridgehead atoms. The lowest BCUT2D eigenvalue weighted by Crippen LogP contribution is -2.23. The molecule has 0 aliphatic rings. The second-order valence-corrected chi connectivity index (χ2v) is 4.56. The molecular formula is C16H19N3. The number of aryl methyl sites for hydroxylation is 1. The lowest BCUT2D eigenvalue weighted by atomic mass is 10.1. The van der Waals surface area contributed by atoms with Crippen molar-refractivity contribution in [2.75, 3.05) is 5.32 Å². The van der Waals surface area contributed by atoms with Gasteiger partial charge in [0.05, 0.1) is 6.54 Å². The van der Waals surface area contributed by atoms with Gasteiger partial charge in [0, 0.05) is 5.69 Å². The Morgan fingerprint density at radius 3 is 2.53 bits per heavy atom. The van der Waals surface area contributed by atoms with Crippen LogP contribution in [0.3, 0.4) is 0 Å². The summed E-state index contributed by atoms with van der Waals surface area (Å²) in [6.45, 7) is 4.74. The zero-order valence-electron chi connectivity index (χ0n) is 11.4. The van der Waals surface area contributed by atoms with Crippen molar-refractivity contribution in [3.8, 4) is 0 Å². The number of nitrogens with one attached hydrogen (secondary N) is 1. The van der Waals surface area contributed by atoms with Crippen LogP contribution in [0.2, 0.25) is 0 Å². The van der Waals surface area contributed by atoms with Crippen molar-refractivity contribution in [1.82, 2.24) is 0 Å². The smallest absolute Gasteiger partial charge is 0.193 e. The average Bonchev–Trinajstić information content (AvgIpc) is 2.43. The lowest BCUT2D eigenvalue weighted by Gasteiger charge is -2.10. The number of guanidine groups is 1. The monoisotopic (exact) mass is 253 g/mol. The molecule has 0 heterocycles. The Balaban J connectivity index is 2.04. The first-order chi connectivity index (χ1) is 9.16. The van der Waals surface area contributed by atoms with Gasteiger partial charge >= 0.3 is 0 Å². The number of hydrogen-bond donors (Lipinski definition) is 2. The predicted molar refractivity (Wildman–Crippen MR) is 81.3 cm³/mol. The van der Waals surface area contributed by atoms with E-state index in [1.165, 1.54) is 11.1 Å². The molecule has 2 aromatic carbocycles. The van der Waals surface area contributed by atoms with Gasteiger partial charge in [-0.3, -0.25) is 0 Å². The van der Waals surface area contributed by atoms with E-state index in [1.54, 1.807) is 0 Å². The van der Waals surface area contributed by atoms with Gasteiger partial charge in [0.1, 0.15) is 0 Å². The minimum Gasteiger partial charge on any atom is -0.370 e. The molecule has 3 nitrogen and oxygen atoms in total. The van der Waals surface area contributed by atoms with Gasteiger partial charge in [0.2, 0.25) is 0 Å². The van der Waals surface area contributed by atoms with Crippen molar-refractivity contribution >= 4 is 11.6 Å². The molecular weight excluding hydrogens is 234 g/mol. The van der Waals surface area contributed by atoms with Crippen LogP contribution >= 0.6 is 0 Å². The largest absolute Gasteiger partial charge is 0.370 e. The van der Waals surface area contributed by atoms with Gasteiger partial charge in [-0.05, 0) is 36.6 Å². The van der Waals surface area contributed by atoms with E-state index in [9.17, 15) is 0 Å². The van der Waals surface area contributed by atoms with Crippen molar-refractivity contribution in [2.45, 2.75) is 20.4 Å². The molecule has 0 aromatic heterocycles. The molecule has 0 aliphatic heterocycles. The van der Waals surface area contributed by atoms with E-state index in [-0.39, 0.29) is 0 Å². The molecule has 2 rings (SSSR count). The Bertz CT molecular complexity index is 574. The summed E-state index contributed by atoms with van der Waals surface area (Å²) < 4.78 is 0. The van der Waals surface area contributed by atoms with E-state index in [4.69, 9.17) is 5.73 Å². The van der Waals surface area contributed by atoms with Crippen LogP contribution in [0.1, 0.15) is 16.7 Å². The van der Waals surface area contributed by atoms with Crippen LogP contribution in [-0.2, 0) is 6.54 Å². The van der Waals surface area contributed by atoms with Crippen LogP contribution in [0.5, 0.6) is 0 Å². The second kappa shape index (κ2) is 6.05. The summed E-state index contributed by atoms with van der Waals surface area (Å²) in [6, 6.07) is 16.2. The summed E-state index contributed by atoms with van der Waals surface area (Å²) in [7, 11) is 0. The van der Waals surface area contributed by atoms with Crippen molar-refractivity contribution in [3.05, 3.63) is 65.2 Å². The van der Waals surface area contributed by atoms with Gasteiger partial charge in [0.15, 0.2) is 5.96 Å². The maximum Gasteiger partial charge on any atom is 0.193 e. The fraction of sp³-hybridized carbons (Fsp3) is 0.188. The number of nitrogens with two attached hydrogens (primary N) is 1. The number of hydrogen-bond acceptors (Lipinski definition) is 1. The summed E-state index contributed by atoms with van der Waals surface area (Å²) in [5.41, 5.74) is 10.5. The number of nitrogens with zero attached hydrogens (tertiary/aromatic N) is 1. The van der Waals surface area contributed by atoms with Crippen molar-refractivity contribution in [3.63, 3.8) is 0 Å². The SMILES string of the molecule is Cc1cccc(NC(N)=NCc2ccccc2)c1C. The highest BCUT2D eigenvalue weighted by molar-refractivity contribution is 5.93. The van der Waals surface area contributed by atoms with Gasteiger partial charge in [-0.2, -0.15) is 0 Å². The first-order valence-corrected chi connectivity index (χ1v) is 6.34. The van der Waals surface area contributed by atoms with Crippen LogP contribution in [0.4, 0.5) is 5.69 Å². The van der Waals surface area contributed by atoms with E-state index in [1.807, 2.05) is 42.5 Å². The average molecular weight is 253 g/mol. The van der Waals surface area contributed by atoms with Crippen LogP contribution < -0.4 is 11.1 Å². The van der Waals surface area contributed by atoms with E-state index in [0.29, 0.717) is 12.5 Å². The molecule has 0 spiro atoms. The van der Waals surface area contributed by atoms with Crippen LogP contribution in [0.25, 0.3) is 0 Å². The topological polar surface area (TPSA) is 50.4 Å².